The van der Waals surface area contributed by atoms with Crippen molar-refractivity contribution in [3.8, 4) is 22.5 Å². The Labute approximate surface area is 175 Å². The van der Waals surface area contributed by atoms with Crippen molar-refractivity contribution in [3.63, 3.8) is 0 Å². The van der Waals surface area contributed by atoms with Crippen molar-refractivity contribution in [2.45, 2.75) is 18.9 Å². The van der Waals surface area contributed by atoms with E-state index < -0.39 is 5.54 Å². The number of hydrogen-bond acceptors (Lipinski definition) is 6. The van der Waals surface area contributed by atoms with Crippen LogP contribution in [0.4, 0.5) is 11.5 Å². The van der Waals surface area contributed by atoms with E-state index in [-0.39, 0.29) is 5.91 Å². The van der Waals surface area contributed by atoms with Gasteiger partial charge in [0.15, 0.2) is 11.6 Å². The van der Waals surface area contributed by atoms with Crippen molar-refractivity contribution >= 4 is 17.4 Å². The summed E-state index contributed by atoms with van der Waals surface area (Å²) in [4.78, 5) is 30.9. The molecule has 1 atom stereocenters. The van der Waals surface area contributed by atoms with Crippen LogP contribution in [0.2, 0.25) is 0 Å². The minimum atomic E-state index is -0.716. The fourth-order valence-electron chi connectivity index (χ4n) is 4.41. The van der Waals surface area contributed by atoms with Gasteiger partial charge < -0.3 is 14.5 Å². The summed E-state index contributed by atoms with van der Waals surface area (Å²) in [5, 5.41) is 0. The summed E-state index contributed by atoms with van der Waals surface area (Å²) in [6.07, 6.45) is 6.00. The molecular formula is C23H23N5O2. The number of carbonyl (C=O) groups excluding carboxylic acids is 1. The van der Waals surface area contributed by atoms with Crippen LogP contribution in [0, 0.1) is 0 Å². The van der Waals surface area contributed by atoms with Crippen molar-refractivity contribution < 1.29 is 9.53 Å². The highest BCUT2D eigenvalue weighted by atomic mass is 16.5. The quantitative estimate of drug-likeness (QED) is 0.671. The molecule has 0 saturated carbocycles. The third-order valence-corrected chi connectivity index (χ3v) is 6.12. The zero-order chi connectivity index (χ0) is 20.7. The molecule has 2 aliphatic rings. The van der Waals surface area contributed by atoms with Gasteiger partial charge in [0.1, 0.15) is 11.2 Å². The van der Waals surface area contributed by atoms with Crippen LogP contribution in [0.25, 0.3) is 22.5 Å². The molecule has 2 aliphatic heterocycles. The largest absolute Gasteiger partial charge is 0.377 e. The first-order valence-electron chi connectivity index (χ1n) is 10.2. The number of amides is 1. The van der Waals surface area contributed by atoms with E-state index in [0.717, 1.165) is 28.2 Å². The average molecular weight is 401 g/mol. The summed E-state index contributed by atoms with van der Waals surface area (Å²) < 4.78 is 5.72. The Kier molecular flexibility index (Phi) is 4.47. The minimum Gasteiger partial charge on any atom is -0.377 e. The van der Waals surface area contributed by atoms with Crippen LogP contribution in [0.5, 0.6) is 0 Å². The van der Waals surface area contributed by atoms with Crippen molar-refractivity contribution in [1.82, 2.24) is 15.0 Å². The first-order chi connectivity index (χ1) is 14.7. The standard InChI is InChI=1S/C23H23N5O2/c1-3-23-15-30-12-11-28(23)21-19(27(2)22(23)29)14-25-20(26-21)17-9-10-24-13-18(17)16-7-5-4-6-8-16/h4-10,13-14H,3,11-12,15H2,1-2H3. The molecule has 1 amide bonds. The van der Waals surface area contributed by atoms with Crippen LogP contribution in [0.3, 0.4) is 0 Å². The Balaban J connectivity index is 1.67. The van der Waals surface area contributed by atoms with Gasteiger partial charge in [-0.2, -0.15) is 0 Å². The highest BCUT2D eigenvalue weighted by molar-refractivity contribution is 6.07. The molecule has 1 fully saturated rings. The molecule has 4 heterocycles. The number of ether oxygens (including phenoxy) is 1. The van der Waals surface area contributed by atoms with Gasteiger partial charge in [0, 0.05) is 37.1 Å². The monoisotopic (exact) mass is 401 g/mol. The van der Waals surface area contributed by atoms with E-state index in [1.54, 1.807) is 24.3 Å². The molecule has 1 saturated heterocycles. The third kappa shape index (κ3) is 2.69. The average Bonchev–Trinajstić information content (AvgIpc) is 2.82. The molecule has 0 radical (unpaired) electrons. The van der Waals surface area contributed by atoms with E-state index in [1.165, 1.54) is 0 Å². The van der Waals surface area contributed by atoms with Gasteiger partial charge in [-0.25, -0.2) is 9.97 Å². The molecule has 1 unspecified atom stereocenters. The Morgan fingerprint density at radius 3 is 2.77 bits per heavy atom. The first-order valence-corrected chi connectivity index (χ1v) is 10.2. The van der Waals surface area contributed by atoms with Gasteiger partial charge in [-0.05, 0) is 18.1 Å². The lowest BCUT2D eigenvalue weighted by atomic mass is 9.89. The molecule has 7 heteroatoms. The van der Waals surface area contributed by atoms with Crippen molar-refractivity contribution in [2.24, 2.45) is 0 Å². The van der Waals surface area contributed by atoms with Crippen LogP contribution < -0.4 is 9.80 Å². The number of anilines is 2. The van der Waals surface area contributed by atoms with E-state index in [9.17, 15) is 4.79 Å². The molecular weight excluding hydrogens is 378 g/mol. The summed E-state index contributed by atoms with van der Waals surface area (Å²) in [5.41, 5.74) is 2.95. The Morgan fingerprint density at radius 2 is 1.97 bits per heavy atom. The maximum absolute atomic E-state index is 13.2. The van der Waals surface area contributed by atoms with Gasteiger partial charge in [0.05, 0.1) is 19.4 Å². The van der Waals surface area contributed by atoms with Crippen LogP contribution >= 0.6 is 0 Å². The summed E-state index contributed by atoms with van der Waals surface area (Å²) in [6, 6.07) is 12.0. The van der Waals surface area contributed by atoms with E-state index in [2.05, 4.69) is 27.0 Å². The number of morpholine rings is 1. The van der Waals surface area contributed by atoms with Gasteiger partial charge in [0.2, 0.25) is 0 Å². The molecule has 0 bridgehead atoms. The van der Waals surface area contributed by atoms with Gasteiger partial charge in [0.25, 0.3) is 5.91 Å². The molecule has 7 nitrogen and oxygen atoms in total. The SMILES string of the molecule is CCC12COCCN1c1nc(-c3ccncc3-c3ccccc3)ncc1N(C)C2=O. The molecule has 5 rings (SSSR count). The lowest BCUT2D eigenvalue weighted by molar-refractivity contribution is -0.128. The highest BCUT2D eigenvalue weighted by Gasteiger charge is 2.51. The van der Waals surface area contributed by atoms with Crippen LogP contribution in [0.15, 0.2) is 55.0 Å². The Bertz CT molecular complexity index is 1100. The topological polar surface area (TPSA) is 71.5 Å². The van der Waals surface area contributed by atoms with Gasteiger partial charge in [-0.3, -0.25) is 9.78 Å². The predicted molar refractivity (Wildman–Crippen MR) is 115 cm³/mol. The normalized spacial score (nSPS) is 20.7. The number of rotatable bonds is 3. The zero-order valence-electron chi connectivity index (χ0n) is 17.1. The number of aromatic nitrogens is 3. The molecule has 3 aromatic rings. The maximum Gasteiger partial charge on any atom is 0.255 e. The van der Waals surface area contributed by atoms with E-state index in [4.69, 9.17) is 9.72 Å². The number of benzene rings is 1. The lowest BCUT2D eigenvalue weighted by Crippen LogP contribution is -2.68. The number of nitrogens with zero attached hydrogens (tertiary/aromatic N) is 5. The first kappa shape index (κ1) is 18.7. The van der Waals surface area contributed by atoms with Crippen LogP contribution in [-0.4, -0.2) is 53.2 Å². The number of pyridine rings is 1. The Morgan fingerprint density at radius 1 is 1.13 bits per heavy atom. The number of fused-ring (bicyclic) bond motifs is 3. The molecule has 2 aromatic heterocycles. The third-order valence-electron chi connectivity index (χ3n) is 6.12. The van der Waals surface area contributed by atoms with Crippen molar-refractivity contribution in [3.05, 3.63) is 55.0 Å². The summed E-state index contributed by atoms with van der Waals surface area (Å²) in [5.74, 6) is 1.43. The second-order valence-electron chi connectivity index (χ2n) is 7.64. The summed E-state index contributed by atoms with van der Waals surface area (Å²) >= 11 is 0. The summed E-state index contributed by atoms with van der Waals surface area (Å²) in [6.45, 7) is 3.59. The Hall–Kier alpha value is -3.32. The van der Waals surface area contributed by atoms with Crippen molar-refractivity contribution in [1.29, 1.82) is 0 Å². The minimum absolute atomic E-state index is 0.0300. The second-order valence-corrected chi connectivity index (χ2v) is 7.64. The molecule has 152 valence electrons. The fraction of sp³-hybridized carbons (Fsp3) is 0.304. The molecule has 0 N–H and O–H groups in total. The van der Waals surface area contributed by atoms with Gasteiger partial charge in [-0.15, -0.1) is 0 Å². The van der Waals surface area contributed by atoms with E-state index in [0.29, 0.717) is 32.0 Å². The molecule has 0 spiro atoms. The van der Waals surface area contributed by atoms with E-state index in [1.807, 2.05) is 37.4 Å². The molecule has 30 heavy (non-hydrogen) atoms. The smallest absolute Gasteiger partial charge is 0.255 e. The van der Waals surface area contributed by atoms with Crippen LogP contribution in [-0.2, 0) is 9.53 Å². The van der Waals surface area contributed by atoms with Crippen molar-refractivity contribution in [2.75, 3.05) is 36.6 Å². The summed E-state index contributed by atoms with van der Waals surface area (Å²) in [7, 11) is 1.79. The highest BCUT2D eigenvalue weighted by Crippen LogP contribution is 2.42. The number of hydrogen-bond donors (Lipinski definition) is 0. The second kappa shape index (κ2) is 7.18. The van der Waals surface area contributed by atoms with Crippen LogP contribution in [0.1, 0.15) is 13.3 Å². The zero-order valence-corrected chi connectivity index (χ0v) is 17.1. The van der Waals surface area contributed by atoms with E-state index >= 15 is 0 Å². The fourth-order valence-corrected chi connectivity index (χ4v) is 4.41. The van der Waals surface area contributed by atoms with Gasteiger partial charge in [-0.1, -0.05) is 37.3 Å². The number of carbonyl (C=O) groups is 1. The number of likely N-dealkylation sites (N-methyl/N-ethyl adjacent to an activating group) is 1. The predicted octanol–water partition coefficient (Wildman–Crippen LogP) is 3.17. The lowest BCUT2D eigenvalue weighted by Gasteiger charge is -2.51. The maximum atomic E-state index is 13.2. The van der Waals surface area contributed by atoms with Gasteiger partial charge >= 0.3 is 0 Å². The molecule has 1 aromatic carbocycles. The molecule has 0 aliphatic carbocycles.